The number of rotatable bonds is 41. The molecule has 0 aromatic rings. The van der Waals surface area contributed by atoms with Crippen molar-refractivity contribution in [3.8, 4) is 0 Å². The maximum atomic E-state index is 13.1. The van der Waals surface area contributed by atoms with E-state index in [1.54, 1.807) is 0 Å². The Hall–Kier alpha value is -2.18. The maximum absolute atomic E-state index is 13.1. The number of hydrogen-bond acceptors (Lipinski definition) is 5. The summed E-state index contributed by atoms with van der Waals surface area (Å²) >= 11 is 0. The lowest BCUT2D eigenvalue weighted by molar-refractivity contribution is -0.151. The van der Waals surface area contributed by atoms with Gasteiger partial charge in [-0.1, -0.05) is 217 Å². The lowest BCUT2D eigenvalue weighted by Crippen LogP contribution is -2.46. The zero-order valence-corrected chi connectivity index (χ0v) is 36.3. The van der Waals surface area contributed by atoms with Crippen LogP contribution in [0.4, 0.5) is 0 Å². The van der Waals surface area contributed by atoms with E-state index in [0.29, 0.717) is 19.3 Å². The Bertz CT molecular complexity index is 957. The van der Waals surface area contributed by atoms with Gasteiger partial charge in [-0.2, -0.15) is 0 Å². The van der Waals surface area contributed by atoms with Crippen LogP contribution in [0.15, 0.2) is 48.6 Å². The van der Waals surface area contributed by atoms with Gasteiger partial charge >= 0.3 is 5.97 Å². The molecule has 0 heterocycles. The molecule has 3 N–H and O–H groups in total. The van der Waals surface area contributed by atoms with Gasteiger partial charge in [0.25, 0.3) is 0 Å². The molecule has 6 nitrogen and oxygen atoms in total. The molecule has 3 unspecified atom stereocenters. The molecular formula is C49H89NO5. The number of carbonyl (C=O) groups is 2. The first-order valence-corrected chi connectivity index (χ1v) is 23.4. The average Bonchev–Trinajstić information content (AvgIpc) is 3.18. The fraction of sp³-hybridized carbons (Fsp3) is 0.796. The Labute approximate surface area is 340 Å². The van der Waals surface area contributed by atoms with Gasteiger partial charge in [0.15, 0.2) is 0 Å². The van der Waals surface area contributed by atoms with Crippen molar-refractivity contribution in [1.82, 2.24) is 5.32 Å². The van der Waals surface area contributed by atoms with E-state index in [4.69, 9.17) is 4.74 Å². The normalized spacial score (nSPS) is 13.8. The third-order valence-corrected chi connectivity index (χ3v) is 10.5. The first kappa shape index (κ1) is 52.8. The minimum absolute atomic E-state index is 0.0632. The molecule has 0 aliphatic carbocycles. The first-order chi connectivity index (χ1) is 27.0. The molecule has 55 heavy (non-hydrogen) atoms. The number of nitrogens with one attached hydrogen (secondary N) is 1. The van der Waals surface area contributed by atoms with Gasteiger partial charge in [0.05, 0.1) is 25.2 Å². The van der Waals surface area contributed by atoms with Crippen LogP contribution in [0, 0.1) is 0 Å². The molecule has 0 spiro atoms. The van der Waals surface area contributed by atoms with Gasteiger partial charge in [-0.15, -0.1) is 0 Å². The van der Waals surface area contributed by atoms with Gasteiger partial charge in [0, 0.05) is 6.42 Å². The number of hydrogen-bond donors (Lipinski definition) is 3. The molecule has 0 saturated heterocycles. The molecule has 0 bridgehead atoms. The number of allylic oxidation sites excluding steroid dienone is 8. The number of aliphatic hydroxyl groups excluding tert-OH is 2. The SMILES string of the molecule is CC/C=C/C=C/C=C\C=C/CCCCCC(=O)OC(CCCCCCCCCCCCC)CC(=O)NC(CO)C(O)CCCCCCCCCCCCCC. The quantitative estimate of drug-likeness (QED) is 0.0327. The molecule has 320 valence electrons. The van der Waals surface area contributed by atoms with Crippen LogP contribution < -0.4 is 5.32 Å². The highest BCUT2D eigenvalue weighted by molar-refractivity contribution is 5.77. The summed E-state index contributed by atoms with van der Waals surface area (Å²) in [4.78, 5) is 26.0. The van der Waals surface area contributed by atoms with E-state index in [0.717, 1.165) is 70.6 Å². The third-order valence-electron chi connectivity index (χ3n) is 10.5. The highest BCUT2D eigenvalue weighted by Crippen LogP contribution is 2.18. The topological polar surface area (TPSA) is 95.9 Å². The van der Waals surface area contributed by atoms with E-state index in [9.17, 15) is 19.8 Å². The number of carbonyl (C=O) groups excluding carboxylic acids is 2. The first-order valence-electron chi connectivity index (χ1n) is 23.4. The molecule has 0 saturated carbocycles. The Morgan fingerprint density at radius 3 is 1.47 bits per heavy atom. The van der Waals surface area contributed by atoms with Crippen LogP contribution in [-0.4, -0.2) is 46.9 Å². The largest absolute Gasteiger partial charge is 0.462 e. The summed E-state index contributed by atoms with van der Waals surface area (Å²) < 4.78 is 5.89. The van der Waals surface area contributed by atoms with Crippen molar-refractivity contribution in [3.63, 3.8) is 0 Å². The smallest absolute Gasteiger partial charge is 0.306 e. The standard InChI is InChI=1S/C49H89NO5/c1-4-7-10-13-16-19-22-24-27-30-33-36-39-42-49(54)55-45(40-37-34-31-28-25-21-18-15-12-9-6-3)43-48(53)50-46(44-51)47(52)41-38-35-32-29-26-23-20-17-14-11-8-5-2/h7,10,13,16,19,22,24,27,45-47,51-52H,4-6,8-9,11-12,14-15,17-18,20-21,23,25-26,28-44H2,1-3H3,(H,50,53)/b10-7+,16-13+,22-19-,27-24-. The summed E-state index contributed by atoms with van der Waals surface area (Å²) in [5.74, 6) is -0.517. The van der Waals surface area contributed by atoms with Crippen molar-refractivity contribution >= 4 is 11.9 Å². The fourth-order valence-corrected chi connectivity index (χ4v) is 6.97. The van der Waals surface area contributed by atoms with Crippen LogP contribution in [-0.2, 0) is 14.3 Å². The number of esters is 1. The Balaban J connectivity index is 4.63. The van der Waals surface area contributed by atoms with E-state index < -0.39 is 18.2 Å². The molecule has 6 heteroatoms. The van der Waals surface area contributed by atoms with Gasteiger partial charge < -0.3 is 20.3 Å². The molecular weight excluding hydrogens is 683 g/mol. The summed E-state index contributed by atoms with van der Waals surface area (Å²) in [7, 11) is 0. The molecule has 0 aliphatic heterocycles. The van der Waals surface area contributed by atoms with Crippen LogP contribution in [0.1, 0.15) is 226 Å². The van der Waals surface area contributed by atoms with Crippen LogP contribution in [0.25, 0.3) is 0 Å². The summed E-state index contributed by atoms with van der Waals surface area (Å²) in [5.41, 5.74) is 0. The minimum atomic E-state index is -0.791. The summed E-state index contributed by atoms with van der Waals surface area (Å²) in [5, 5.41) is 23.7. The number of amides is 1. The van der Waals surface area contributed by atoms with Crippen molar-refractivity contribution in [2.24, 2.45) is 0 Å². The Kier molecular flexibility index (Phi) is 41.2. The molecule has 1 amide bonds. The summed E-state index contributed by atoms with van der Waals surface area (Å²) in [6.45, 7) is 6.32. The minimum Gasteiger partial charge on any atom is -0.462 e. The maximum Gasteiger partial charge on any atom is 0.306 e. The summed E-state index contributed by atoms with van der Waals surface area (Å²) in [6, 6.07) is -0.706. The van der Waals surface area contributed by atoms with Crippen LogP contribution in [0.3, 0.4) is 0 Å². The molecule has 0 aliphatic rings. The second-order valence-electron chi connectivity index (χ2n) is 15.9. The monoisotopic (exact) mass is 772 g/mol. The van der Waals surface area contributed by atoms with Crippen LogP contribution >= 0.6 is 0 Å². The summed E-state index contributed by atoms with van der Waals surface area (Å²) in [6.07, 6.45) is 50.2. The highest BCUT2D eigenvalue weighted by atomic mass is 16.5. The Morgan fingerprint density at radius 1 is 0.545 bits per heavy atom. The van der Waals surface area contributed by atoms with Crippen molar-refractivity contribution in [3.05, 3.63) is 48.6 Å². The van der Waals surface area contributed by atoms with E-state index in [2.05, 4.69) is 50.4 Å². The predicted molar refractivity (Wildman–Crippen MR) is 236 cm³/mol. The van der Waals surface area contributed by atoms with Crippen molar-refractivity contribution < 1.29 is 24.5 Å². The molecule has 3 atom stereocenters. The molecule has 0 fully saturated rings. The average molecular weight is 772 g/mol. The second-order valence-corrected chi connectivity index (χ2v) is 15.9. The highest BCUT2D eigenvalue weighted by Gasteiger charge is 2.24. The van der Waals surface area contributed by atoms with Gasteiger partial charge in [-0.25, -0.2) is 0 Å². The van der Waals surface area contributed by atoms with Crippen LogP contribution in [0.5, 0.6) is 0 Å². The van der Waals surface area contributed by atoms with E-state index in [-0.39, 0.29) is 24.9 Å². The van der Waals surface area contributed by atoms with E-state index in [1.165, 1.54) is 109 Å². The van der Waals surface area contributed by atoms with Crippen molar-refractivity contribution in [2.45, 2.75) is 244 Å². The predicted octanol–water partition coefficient (Wildman–Crippen LogP) is 13.5. The van der Waals surface area contributed by atoms with Gasteiger partial charge in [-0.05, 0) is 44.9 Å². The Morgan fingerprint density at radius 2 is 0.982 bits per heavy atom. The van der Waals surface area contributed by atoms with Crippen molar-refractivity contribution in [1.29, 1.82) is 0 Å². The second kappa shape index (κ2) is 43.0. The molecule has 0 aromatic carbocycles. The number of ether oxygens (including phenoxy) is 1. The van der Waals surface area contributed by atoms with Crippen molar-refractivity contribution in [2.75, 3.05) is 6.61 Å². The number of unbranched alkanes of at least 4 members (excludes halogenated alkanes) is 24. The zero-order valence-electron chi connectivity index (χ0n) is 36.3. The van der Waals surface area contributed by atoms with Gasteiger partial charge in [0.1, 0.15) is 6.10 Å². The number of aliphatic hydroxyl groups is 2. The van der Waals surface area contributed by atoms with Gasteiger partial charge in [0.2, 0.25) is 5.91 Å². The van der Waals surface area contributed by atoms with Gasteiger partial charge in [-0.3, -0.25) is 9.59 Å². The van der Waals surface area contributed by atoms with Crippen LogP contribution in [0.2, 0.25) is 0 Å². The molecule has 0 rings (SSSR count). The van der Waals surface area contributed by atoms with E-state index in [1.807, 2.05) is 24.3 Å². The lowest BCUT2D eigenvalue weighted by atomic mass is 10.0. The molecule has 0 radical (unpaired) electrons. The lowest BCUT2D eigenvalue weighted by Gasteiger charge is -2.24. The zero-order chi connectivity index (χ0) is 40.3. The third kappa shape index (κ3) is 38.5. The fourth-order valence-electron chi connectivity index (χ4n) is 6.97. The van der Waals surface area contributed by atoms with E-state index >= 15 is 0 Å². The molecule has 0 aromatic heterocycles.